The van der Waals surface area contributed by atoms with Gasteiger partial charge in [0.25, 0.3) is 5.56 Å². The van der Waals surface area contributed by atoms with Crippen molar-refractivity contribution >= 4 is 17.4 Å². The number of H-pyrrole nitrogens is 1. The van der Waals surface area contributed by atoms with Crippen LogP contribution in [-0.2, 0) is 12.2 Å². The first-order chi connectivity index (χ1) is 15.9. The van der Waals surface area contributed by atoms with E-state index in [-0.39, 0.29) is 5.56 Å². The summed E-state index contributed by atoms with van der Waals surface area (Å²) in [5.41, 5.74) is 2.98. The minimum absolute atomic E-state index is 0.184. The quantitative estimate of drug-likeness (QED) is 0.353. The van der Waals surface area contributed by atoms with Gasteiger partial charge in [0.15, 0.2) is 16.7 Å². The number of hydrogen-bond acceptors (Lipinski definition) is 8. The molecule has 0 amide bonds. The molecule has 1 heterocycles. The molecule has 0 spiro atoms. The highest BCUT2D eigenvalue weighted by Crippen LogP contribution is 2.30. The Morgan fingerprint density at radius 1 is 0.879 bits per heavy atom. The van der Waals surface area contributed by atoms with E-state index >= 15 is 0 Å². The van der Waals surface area contributed by atoms with Crippen molar-refractivity contribution in [2.45, 2.75) is 17.3 Å². The van der Waals surface area contributed by atoms with Crippen LogP contribution < -0.4 is 29.4 Å². The average Bonchev–Trinajstić information content (AvgIpc) is 2.81. The molecule has 0 aliphatic carbocycles. The third-order valence-electron chi connectivity index (χ3n) is 5.00. The number of methoxy groups -OCH3 is 4. The molecule has 0 aliphatic rings. The number of rotatable bonds is 10. The van der Waals surface area contributed by atoms with Gasteiger partial charge in [-0.05, 0) is 35.4 Å². The molecule has 2 aromatic carbocycles. The summed E-state index contributed by atoms with van der Waals surface area (Å²) in [5, 5.41) is 0.544. The van der Waals surface area contributed by atoms with Gasteiger partial charge in [0, 0.05) is 32.3 Å². The first-order valence-corrected chi connectivity index (χ1v) is 11.2. The Morgan fingerprint density at radius 3 is 2.12 bits per heavy atom. The van der Waals surface area contributed by atoms with Crippen LogP contribution in [0.4, 0.5) is 5.69 Å². The van der Waals surface area contributed by atoms with Crippen LogP contribution in [0, 0.1) is 0 Å². The van der Waals surface area contributed by atoms with Crippen molar-refractivity contribution < 1.29 is 18.9 Å². The van der Waals surface area contributed by atoms with Gasteiger partial charge in [0.2, 0.25) is 0 Å². The average molecular weight is 472 g/mol. The van der Waals surface area contributed by atoms with E-state index < -0.39 is 0 Å². The summed E-state index contributed by atoms with van der Waals surface area (Å²) in [4.78, 5) is 22.4. The molecular weight excluding hydrogens is 442 g/mol. The van der Waals surface area contributed by atoms with Crippen molar-refractivity contribution in [3.8, 4) is 23.0 Å². The normalized spacial score (nSPS) is 10.6. The zero-order valence-electron chi connectivity index (χ0n) is 19.7. The van der Waals surface area contributed by atoms with Crippen molar-refractivity contribution in [3.63, 3.8) is 0 Å². The monoisotopic (exact) mass is 471 g/mol. The second-order valence-electron chi connectivity index (χ2n) is 7.44. The third kappa shape index (κ3) is 5.92. The smallest absolute Gasteiger partial charge is 0.275 e. The van der Waals surface area contributed by atoms with E-state index in [1.54, 1.807) is 33.3 Å². The summed E-state index contributed by atoms with van der Waals surface area (Å²) in [5.74, 6) is 3.30. The number of benzene rings is 2. The van der Waals surface area contributed by atoms with E-state index in [0.717, 1.165) is 11.1 Å². The Labute approximate surface area is 197 Å². The molecule has 3 aromatic rings. The van der Waals surface area contributed by atoms with Gasteiger partial charge in [-0.25, -0.2) is 4.98 Å². The van der Waals surface area contributed by atoms with E-state index in [9.17, 15) is 4.79 Å². The second-order valence-corrected chi connectivity index (χ2v) is 8.40. The van der Waals surface area contributed by atoms with Crippen molar-refractivity contribution in [2.24, 2.45) is 0 Å². The number of aromatic amines is 1. The lowest BCUT2D eigenvalue weighted by Gasteiger charge is -2.17. The lowest BCUT2D eigenvalue weighted by Crippen LogP contribution is -2.24. The fourth-order valence-electron chi connectivity index (χ4n) is 3.43. The molecule has 0 radical (unpaired) electrons. The van der Waals surface area contributed by atoms with E-state index in [1.165, 1.54) is 11.8 Å². The van der Waals surface area contributed by atoms with Crippen LogP contribution in [0.25, 0.3) is 0 Å². The summed E-state index contributed by atoms with van der Waals surface area (Å²) in [6.45, 7) is 0. The molecule has 176 valence electrons. The van der Waals surface area contributed by atoms with Gasteiger partial charge in [-0.15, -0.1) is 0 Å². The predicted octanol–water partition coefficient (Wildman–Crippen LogP) is 3.75. The lowest BCUT2D eigenvalue weighted by molar-refractivity contribution is 0.354. The molecule has 1 aromatic heterocycles. The maximum Gasteiger partial charge on any atom is 0.275 e. The van der Waals surface area contributed by atoms with Crippen molar-refractivity contribution in [2.75, 3.05) is 47.4 Å². The zero-order valence-corrected chi connectivity index (χ0v) is 20.5. The van der Waals surface area contributed by atoms with Crippen LogP contribution in [0.2, 0.25) is 0 Å². The molecule has 33 heavy (non-hydrogen) atoms. The zero-order chi connectivity index (χ0) is 24.0. The number of anilines is 1. The molecule has 1 N–H and O–H groups in total. The molecule has 8 nitrogen and oxygen atoms in total. The van der Waals surface area contributed by atoms with Crippen LogP contribution in [0.5, 0.6) is 23.0 Å². The minimum atomic E-state index is -0.184. The van der Waals surface area contributed by atoms with Gasteiger partial charge in [-0.1, -0.05) is 17.8 Å². The number of nitrogens with one attached hydrogen (secondary N) is 1. The molecule has 0 saturated heterocycles. The molecule has 0 saturated carbocycles. The maximum absolute atomic E-state index is 12.9. The van der Waals surface area contributed by atoms with Crippen LogP contribution in [-0.4, -0.2) is 52.5 Å². The topological polar surface area (TPSA) is 85.9 Å². The number of thioether (sulfide) groups is 1. The van der Waals surface area contributed by atoms with Crippen LogP contribution >= 0.6 is 11.8 Å². The molecule has 9 heteroatoms. The van der Waals surface area contributed by atoms with Crippen LogP contribution in [0.3, 0.4) is 0 Å². The van der Waals surface area contributed by atoms with E-state index in [4.69, 9.17) is 23.9 Å². The maximum atomic E-state index is 12.9. The Hall–Kier alpha value is -3.33. The van der Waals surface area contributed by atoms with Crippen molar-refractivity contribution in [1.82, 2.24) is 9.97 Å². The molecule has 0 unspecified atom stereocenters. The Kier molecular flexibility index (Phi) is 8.11. The molecule has 0 atom stereocenters. The summed E-state index contributed by atoms with van der Waals surface area (Å²) >= 11 is 1.44. The number of ether oxygens (including phenoxy) is 4. The summed E-state index contributed by atoms with van der Waals surface area (Å²) in [6, 6.07) is 11.4. The Balaban J connectivity index is 1.90. The lowest BCUT2D eigenvalue weighted by atomic mass is 10.1. The summed E-state index contributed by atoms with van der Waals surface area (Å²) < 4.78 is 21.4. The van der Waals surface area contributed by atoms with Crippen LogP contribution in [0.15, 0.2) is 46.3 Å². The Bertz CT molecular complexity index is 1140. The standard InChI is InChI=1S/C24H29N3O5S/c1-27(2)22-19(11-15-7-8-20(31-5)21(12-15)32-6)25-24(26-23(22)28)33-14-16-9-17(29-3)13-18(10-16)30-4/h7-10,12-13H,11,14H2,1-6H3,(H,25,26,28). The van der Waals surface area contributed by atoms with Gasteiger partial charge in [0.1, 0.15) is 17.2 Å². The fraction of sp³-hybridized carbons (Fsp3) is 0.333. The number of hydrogen-bond donors (Lipinski definition) is 1. The van der Waals surface area contributed by atoms with Gasteiger partial charge in [-0.3, -0.25) is 9.78 Å². The number of nitrogens with zero attached hydrogens (tertiary/aromatic N) is 2. The van der Waals surface area contributed by atoms with E-state index in [2.05, 4.69) is 4.98 Å². The molecule has 3 rings (SSSR count). The minimum Gasteiger partial charge on any atom is -0.497 e. The van der Waals surface area contributed by atoms with Gasteiger partial charge in [-0.2, -0.15) is 0 Å². The largest absolute Gasteiger partial charge is 0.497 e. The first kappa shape index (κ1) is 24.3. The van der Waals surface area contributed by atoms with E-state index in [1.807, 2.05) is 50.5 Å². The van der Waals surface area contributed by atoms with Crippen molar-refractivity contribution in [3.05, 3.63) is 63.6 Å². The summed E-state index contributed by atoms with van der Waals surface area (Å²) in [6.07, 6.45) is 0.471. The predicted molar refractivity (Wildman–Crippen MR) is 131 cm³/mol. The molecule has 0 aliphatic heterocycles. The fourth-order valence-corrected chi connectivity index (χ4v) is 4.24. The highest BCUT2D eigenvalue weighted by molar-refractivity contribution is 7.98. The van der Waals surface area contributed by atoms with Gasteiger partial charge >= 0.3 is 0 Å². The molecule has 0 bridgehead atoms. The third-order valence-corrected chi connectivity index (χ3v) is 5.94. The summed E-state index contributed by atoms with van der Waals surface area (Å²) in [7, 11) is 10.1. The van der Waals surface area contributed by atoms with Gasteiger partial charge < -0.3 is 23.8 Å². The highest BCUT2D eigenvalue weighted by Gasteiger charge is 2.16. The van der Waals surface area contributed by atoms with E-state index in [0.29, 0.717) is 51.7 Å². The molecule has 0 fully saturated rings. The SMILES string of the molecule is COc1cc(CSc2nc(Cc3ccc(OC)c(OC)c3)c(N(C)C)c(=O)[nH]2)cc(OC)c1. The second kappa shape index (κ2) is 11.0. The first-order valence-electron chi connectivity index (χ1n) is 10.2. The van der Waals surface area contributed by atoms with Gasteiger partial charge in [0.05, 0.1) is 34.1 Å². The van der Waals surface area contributed by atoms with Crippen LogP contribution in [0.1, 0.15) is 16.8 Å². The Morgan fingerprint density at radius 2 is 1.55 bits per heavy atom. The highest BCUT2D eigenvalue weighted by atomic mass is 32.2. The molecular formula is C24H29N3O5S. The van der Waals surface area contributed by atoms with Crippen molar-refractivity contribution in [1.29, 1.82) is 0 Å². The number of aromatic nitrogens is 2.